The van der Waals surface area contributed by atoms with E-state index in [1.807, 2.05) is 31.2 Å². The lowest BCUT2D eigenvalue weighted by atomic mass is 10.1. The lowest BCUT2D eigenvalue weighted by Gasteiger charge is -2.02. The molecule has 0 aliphatic heterocycles. The zero-order valence-corrected chi connectivity index (χ0v) is 11.4. The Morgan fingerprint density at radius 2 is 2.06 bits per heavy atom. The van der Waals surface area contributed by atoms with Crippen molar-refractivity contribution >= 4 is 28.7 Å². The van der Waals surface area contributed by atoms with E-state index in [0.29, 0.717) is 10.6 Å². The largest absolute Gasteiger partial charge is 0.288 e. The fraction of sp³-hybridized carbons (Fsp3) is 0.214. The lowest BCUT2D eigenvalue weighted by Crippen LogP contribution is -1.99. The Hall–Kier alpha value is -1.12. The van der Waals surface area contributed by atoms with E-state index in [-0.39, 0.29) is 5.78 Å². The van der Waals surface area contributed by atoms with Crippen molar-refractivity contribution in [2.24, 2.45) is 0 Å². The van der Waals surface area contributed by atoms with E-state index in [0.717, 1.165) is 16.9 Å². The molecule has 0 saturated carbocycles. The maximum Gasteiger partial charge on any atom is 0.204 e. The molecule has 0 bridgehead atoms. The second-order valence-corrected chi connectivity index (χ2v) is 5.51. The molecule has 2 rings (SSSR count). The first-order valence-corrected chi connectivity index (χ1v) is 6.71. The van der Waals surface area contributed by atoms with Crippen LogP contribution in [-0.2, 0) is 6.42 Å². The van der Waals surface area contributed by atoms with Gasteiger partial charge in [-0.25, -0.2) is 0 Å². The summed E-state index contributed by atoms with van der Waals surface area (Å²) in [4.78, 5) is 14.2. The molecule has 0 saturated heterocycles. The lowest BCUT2D eigenvalue weighted by molar-refractivity contribution is 0.104. The van der Waals surface area contributed by atoms with Gasteiger partial charge in [0.1, 0.15) is 0 Å². The number of thiophene rings is 1. The van der Waals surface area contributed by atoms with Crippen LogP contribution in [0.25, 0.3) is 0 Å². The number of hydrogen-bond donors (Lipinski definition) is 0. The standard InChI is InChI=1S/C14H13ClOS/c1-3-10-5-7-13(17-10)14(16)11-6-4-9(2)8-12(11)15/h4-8H,3H2,1-2H3. The van der Waals surface area contributed by atoms with Crippen LogP contribution >= 0.6 is 22.9 Å². The summed E-state index contributed by atoms with van der Waals surface area (Å²) in [6.45, 7) is 4.04. The summed E-state index contributed by atoms with van der Waals surface area (Å²) in [5, 5.41) is 0.529. The van der Waals surface area contributed by atoms with Crippen LogP contribution in [0.2, 0.25) is 5.02 Å². The highest BCUT2D eigenvalue weighted by atomic mass is 35.5. The molecular formula is C14H13ClOS. The van der Waals surface area contributed by atoms with Crippen molar-refractivity contribution in [1.82, 2.24) is 0 Å². The minimum Gasteiger partial charge on any atom is -0.288 e. The van der Waals surface area contributed by atoms with Crippen LogP contribution in [-0.4, -0.2) is 5.78 Å². The summed E-state index contributed by atoms with van der Waals surface area (Å²) in [7, 11) is 0. The molecule has 1 aromatic carbocycles. The molecule has 0 fully saturated rings. The summed E-state index contributed by atoms with van der Waals surface area (Å²) in [5.41, 5.74) is 1.65. The Labute approximate surface area is 110 Å². The predicted molar refractivity (Wildman–Crippen MR) is 73.3 cm³/mol. The van der Waals surface area contributed by atoms with Crippen LogP contribution < -0.4 is 0 Å². The highest BCUT2D eigenvalue weighted by Crippen LogP contribution is 2.25. The van der Waals surface area contributed by atoms with Gasteiger partial charge in [0.15, 0.2) is 0 Å². The molecule has 0 atom stereocenters. The first kappa shape index (κ1) is 12.3. The maximum absolute atomic E-state index is 12.2. The third-order valence-electron chi connectivity index (χ3n) is 2.60. The fourth-order valence-electron chi connectivity index (χ4n) is 1.63. The van der Waals surface area contributed by atoms with Gasteiger partial charge in [0.05, 0.1) is 9.90 Å². The average molecular weight is 265 g/mol. The monoisotopic (exact) mass is 264 g/mol. The van der Waals surface area contributed by atoms with Gasteiger partial charge in [-0.1, -0.05) is 24.6 Å². The zero-order chi connectivity index (χ0) is 12.4. The number of rotatable bonds is 3. The number of aryl methyl sites for hydroxylation is 2. The summed E-state index contributed by atoms with van der Waals surface area (Å²) < 4.78 is 0. The van der Waals surface area contributed by atoms with Gasteiger partial charge >= 0.3 is 0 Å². The number of carbonyl (C=O) groups is 1. The molecule has 88 valence electrons. The van der Waals surface area contributed by atoms with Gasteiger partial charge in [-0.05, 0) is 43.2 Å². The SMILES string of the molecule is CCc1ccc(C(=O)c2ccc(C)cc2Cl)s1. The van der Waals surface area contributed by atoms with E-state index < -0.39 is 0 Å². The molecule has 0 unspecified atom stereocenters. The van der Waals surface area contributed by atoms with E-state index in [1.54, 1.807) is 17.4 Å². The third-order valence-corrected chi connectivity index (χ3v) is 4.14. The fourth-order valence-corrected chi connectivity index (χ4v) is 2.85. The topological polar surface area (TPSA) is 17.1 Å². The minimum absolute atomic E-state index is 0.0136. The molecule has 2 aromatic rings. The highest BCUT2D eigenvalue weighted by Gasteiger charge is 2.14. The van der Waals surface area contributed by atoms with Crippen molar-refractivity contribution < 1.29 is 4.79 Å². The molecule has 0 N–H and O–H groups in total. The van der Waals surface area contributed by atoms with Crippen molar-refractivity contribution in [3.63, 3.8) is 0 Å². The van der Waals surface area contributed by atoms with E-state index in [4.69, 9.17) is 11.6 Å². The van der Waals surface area contributed by atoms with Gasteiger partial charge in [-0.2, -0.15) is 0 Å². The molecule has 0 aliphatic carbocycles. The number of ketones is 1. The van der Waals surface area contributed by atoms with Crippen molar-refractivity contribution in [2.45, 2.75) is 20.3 Å². The summed E-state index contributed by atoms with van der Waals surface area (Å²) >= 11 is 7.64. The normalized spacial score (nSPS) is 10.5. The van der Waals surface area contributed by atoms with E-state index >= 15 is 0 Å². The van der Waals surface area contributed by atoms with Crippen molar-refractivity contribution in [2.75, 3.05) is 0 Å². The zero-order valence-electron chi connectivity index (χ0n) is 9.79. The van der Waals surface area contributed by atoms with Crippen molar-refractivity contribution in [1.29, 1.82) is 0 Å². The van der Waals surface area contributed by atoms with Crippen LogP contribution in [0.5, 0.6) is 0 Å². The smallest absolute Gasteiger partial charge is 0.204 e. The van der Waals surface area contributed by atoms with E-state index in [1.165, 1.54) is 4.88 Å². The quantitative estimate of drug-likeness (QED) is 0.746. The summed E-state index contributed by atoms with van der Waals surface area (Å²) in [5.74, 6) is 0.0136. The number of carbonyl (C=O) groups excluding carboxylic acids is 1. The summed E-state index contributed by atoms with van der Waals surface area (Å²) in [6.07, 6.45) is 0.958. The predicted octanol–water partition coefficient (Wildman–Crippen LogP) is 4.50. The molecule has 17 heavy (non-hydrogen) atoms. The second kappa shape index (κ2) is 5.03. The van der Waals surface area contributed by atoms with Crippen LogP contribution in [0.15, 0.2) is 30.3 Å². The maximum atomic E-state index is 12.2. The number of hydrogen-bond acceptors (Lipinski definition) is 2. The highest BCUT2D eigenvalue weighted by molar-refractivity contribution is 7.14. The van der Waals surface area contributed by atoms with Gasteiger partial charge in [-0.15, -0.1) is 11.3 Å². The van der Waals surface area contributed by atoms with Crippen molar-refractivity contribution in [3.05, 3.63) is 56.2 Å². The molecule has 3 heteroatoms. The van der Waals surface area contributed by atoms with Crippen LogP contribution in [0.3, 0.4) is 0 Å². The summed E-state index contributed by atoms with van der Waals surface area (Å²) in [6, 6.07) is 9.41. The first-order valence-electron chi connectivity index (χ1n) is 5.51. The van der Waals surface area contributed by atoms with Crippen LogP contribution in [0.1, 0.15) is 32.6 Å². The van der Waals surface area contributed by atoms with E-state index in [9.17, 15) is 4.79 Å². The average Bonchev–Trinajstić information content (AvgIpc) is 2.76. The van der Waals surface area contributed by atoms with Gasteiger partial charge in [0.2, 0.25) is 5.78 Å². The van der Waals surface area contributed by atoms with Gasteiger partial charge in [0.25, 0.3) is 0 Å². The Morgan fingerprint density at radius 3 is 2.65 bits per heavy atom. The molecular weight excluding hydrogens is 252 g/mol. The molecule has 0 aliphatic rings. The van der Waals surface area contributed by atoms with E-state index in [2.05, 4.69) is 6.92 Å². The number of halogens is 1. The first-order chi connectivity index (χ1) is 8.11. The van der Waals surface area contributed by atoms with Crippen LogP contribution in [0.4, 0.5) is 0 Å². The molecule has 1 nitrogen and oxygen atoms in total. The minimum atomic E-state index is 0.0136. The Morgan fingerprint density at radius 1 is 1.29 bits per heavy atom. The molecule has 1 aromatic heterocycles. The second-order valence-electron chi connectivity index (χ2n) is 3.93. The molecule has 0 amide bonds. The molecule has 1 heterocycles. The van der Waals surface area contributed by atoms with Gasteiger partial charge < -0.3 is 0 Å². The van der Waals surface area contributed by atoms with Gasteiger partial charge in [0, 0.05) is 10.4 Å². The Kier molecular flexibility index (Phi) is 3.65. The Bertz CT molecular complexity index is 557. The van der Waals surface area contributed by atoms with Crippen LogP contribution in [0, 0.1) is 6.92 Å². The molecule has 0 radical (unpaired) electrons. The van der Waals surface area contributed by atoms with Gasteiger partial charge in [-0.3, -0.25) is 4.79 Å². The Balaban J connectivity index is 2.36. The third kappa shape index (κ3) is 2.59. The number of benzene rings is 1. The molecule has 0 spiro atoms. The van der Waals surface area contributed by atoms with Crippen molar-refractivity contribution in [3.8, 4) is 0 Å².